The summed E-state index contributed by atoms with van der Waals surface area (Å²) in [7, 11) is 1.59. The molecule has 0 unspecified atom stereocenters. The summed E-state index contributed by atoms with van der Waals surface area (Å²) in [6.45, 7) is 1.08. The van der Waals surface area contributed by atoms with E-state index in [2.05, 4.69) is 5.32 Å². The second-order valence-corrected chi connectivity index (χ2v) is 4.09. The Balaban J connectivity index is 1.90. The second-order valence-electron chi connectivity index (χ2n) is 4.09. The van der Waals surface area contributed by atoms with Crippen molar-refractivity contribution in [2.75, 3.05) is 20.1 Å². The van der Waals surface area contributed by atoms with Gasteiger partial charge in [0.2, 0.25) is 5.91 Å². The monoisotopic (exact) mass is 249 g/mol. The molecule has 1 fully saturated rings. The summed E-state index contributed by atoms with van der Waals surface area (Å²) in [5.74, 6) is 0.105. The molecule has 2 rings (SSSR count). The molecule has 18 heavy (non-hydrogen) atoms. The maximum absolute atomic E-state index is 11.2. The molecule has 1 saturated heterocycles. The van der Waals surface area contributed by atoms with Crippen molar-refractivity contribution in [3.8, 4) is 5.75 Å². The Morgan fingerprint density at radius 3 is 2.78 bits per heavy atom. The Labute approximate surface area is 105 Å². The average Bonchev–Trinajstić information content (AvgIpc) is 2.32. The quantitative estimate of drug-likeness (QED) is 0.801. The number of rotatable bonds is 3. The summed E-state index contributed by atoms with van der Waals surface area (Å²) in [4.78, 5) is 23.9. The predicted molar refractivity (Wildman–Crippen MR) is 65.4 cm³/mol. The Morgan fingerprint density at radius 2 is 2.17 bits per heavy atom. The van der Waals surface area contributed by atoms with Gasteiger partial charge in [0.05, 0.1) is 13.1 Å². The van der Waals surface area contributed by atoms with Crippen molar-refractivity contribution < 1.29 is 14.3 Å². The molecule has 0 aromatic heterocycles. The molecular formula is C12H15N3O3. The van der Waals surface area contributed by atoms with Crippen molar-refractivity contribution in [2.24, 2.45) is 5.73 Å². The third-order valence-corrected chi connectivity index (χ3v) is 2.77. The first-order valence-electron chi connectivity index (χ1n) is 5.63. The zero-order valence-electron chi connectivity index (χ0n) is 10.1. The van der Waals surface area contributed by atoms with Crippen LogP contribution in [0.1, 0.15) is 10.4 Å². The Kier molecular flexibility index (Phi) is 3.36. The van der Waals surface area contributed by atoms with Crippen molar-refractivity contribution in [3.05, 3.63) is 29.8 Å². The van der Waals surface area contributed by atoms with Crippen LogP contribution in [-0.2, 0) is 0 Å². The third kappa shape index (κ3) is 2.53. The molecule has 1 aromatic carbocycles. The van der Waals surface area contributed by atoms with Crippen LogP contribution in [0.2, 0.25) is 0 Å². The first kappa shape index (κ1) is 12.2. The highest BCUT2D eigenvalue weighted by Crippen LogP contribution is 2.19. The van der Waals surface area contributed by atoms with Gasteiger partial charge >= 0.3 is 6.03 Å². The molecule has 3 amide bonds. The van der Waals surface area contributed by atoms with E-state index < -0.39 is 5.91 Å². The van der Waals surface area contributed by atoms with Crippen LogP contribution in [-0.4, -0.2) is 43.1 Å². The zero-order chi connectivity index (χ0) is 13.1. The minimum atomic E-state index is -0.485. The lowest BCUT2D eigenvalue weighted by Gasteiger charge is -2.38. The first-order valence-corrected chi connectivity index (χ1v) is 5.63. The van der Waals surface area contributed by atoms with E-state index >= 15 is 0 Å². The predicted octanol–water partition coefficient (Wildman–Crippen LogP) is 0.188. The van der Waals surface area contributed by atoms with Gasteiger partial charge in [0, 0.05) is 12.6 Å². The molecule has 0 radical (unpaired) electrons. The number of likely N-dealkylation sites (tertiary alicyclic amines) is 1. The number of hydrogen-bond donors (Lipinski definition) is 2. The molecule has 0 atom stereocenters. The van der Waals surface area contributed by atoms with E-state index in [9.17, 15) is 9.59 Å². The summed E-state index contributed by atoms with van der Waals surface area (Å²) >= 11 is 0. The van der Waals surface area contributed by atoms with Gasteiger partial charge in [0.25, 0.3) is 0 Å². The van der Waals surface area contributed by atoms with Crippen LogP contribution in [0.3, 0.4) is 0 Å². The van der Waals surface area contributed by atoms with Gasteiger partial charge < -0.3 is 20.7 Å². The van der Waals surface area contributed by atoms with Crippen molar-refractivity contribution >= 4 is 11.9 Å². The number of primary amides is 1. The smallest absolute Gasteiger partial charge is 0.317 e. The van der Waals surface area contributed by atoms with Gasteiger partial charge in [0.1, 0.15) is 11.9 Å². The van der Waals surface area contributed by atoms with Gasteiger partial charge in [-0.3, -0.25) is 4.79 Å². The summed E-state index contributed by atoms with van der Waals surface area (Å²) in [5, 5.41) is 2.55. The molecule has 1 aromatic rings. The second kappa shape index (κ2) is 4.95. The van der Waals surface area contributed by atoms with E-state index in [4.69, 9.17) is 10.5 Å². The number of amides is 3. The standard InChI is InChI=1S/C12H15N3O3/c1-14-12(17)15-6-10(7-15)18-9-4-2-3-8(5-9)11(13)16/h2-5,10H,6-7H2,1H3,(H2,13,16)(H,14,17). The lowest BCUT2D eigenvalue weighted by Crippen LogP contribution is -2.58. The van der Waals surface area contributed by atoms with Crippen LogP contribution in [0.5, 0.6) is 5.75 Å². The first-order chi connectivity index (χ1) is 8.60. The molecule has 1 heterocycles. The minimum Gasteiger partial charge on any atom is -0.487 e. The highest BCUT2D eigenvalue weighted by molar-refractivity contribution is 5.93. The van der Waals surface area contributed by atoms with Crippen molar-refractivity contribution in [3.63, 3.8) is 0 Å². The molecule has 1 aliphatic rings. The maximum Gasteiger partial charge on any atom is 0.317 e. The summed E-state index contributed by atoms with van der Waals surface area (Å²) in [6.07, 6.45) is -0.0366. The topological polar surface area (TPSA) is 84.7 Å². The summed E-state index contributed by atoms with van der Waals surface area (Å²) in [5.41, 5.74) is 5.60. The molecule has 0 spiro atoms. The highest BCUT2D eigenvalue weighted by Gasteiger charge is 2.31. The highest BCUT2D eigenvalue weighted by atomic mass is 16.5. The Bertz CT molecular complexity index is 469. The fourth-order valence-corrected chi connectivity index (χ4v) is 1.75. The number of carbonyl (C=O) groups is 2. The van der Waals surface area contributed by atoms with Crippen LogP contribution in [0, 0.1) is 0 Å². The van der Waals surface area contributed by atoms with Gasteiger partial charge in [-0.25, -0.2) is 4.79 Å². The molecule has 0 bridgehead atoms. The normalized spacial score (nSPS) is 14.8. The lowest BCUT2D eigenvalue weighted by atomic mass is 10.1. The van der Waals surface area contributed by atoms with Crippen LogP contribution in [0.15, 0.2) is 24.3 Å². The largest absolute Gasteiger partial charge is 0.487 e. The van der Waals surface area contributed by atoms with Crippen LogP contribution in [0.25, 0.3) is 0 Å². The number of urea groups is 1. The summed E-state index contributed by atoms with van der Waals surface area (Å²) < 4.78 is 5.64. The van der Waals surface area contributed by atoms with Crippen LogP contribution < -0.4 is 15.8 Å². The van der Waals surface area contributed by atoms with Gasteiger partial charge in [-0.1, -0.05) is 6.07 Å². The molecule has 3 N–H and O–H groups in total. The van der Waals surface area contributed by atoms with Crippen LogP contribution >= 0.6 is 0 Å². The zero-order valence-corrected chi connectivity index (χ0v) is 10.1. The molecule has 0 saturated carbocycles. The SMILES string of the molecule is CNC(=O)N1CC(Oc2cccc(C(N)=O)c2)C1. The van der Waals surface area contributed by atoms with E-state index in [0.29, 0.717) is 24.4 Å². The van der Waals surface area contributed by atoms with Crippen molar-refractivity contribution in [1.29, 1.82) is 0 Å². The molecule has 0 aliphatic carbocycles. The molecule has 1 aliphatic heterocycles. The molecule has 6 heteroatoms. The number of carbonyl (C=O) groups excluding carboxylic acids is 2. The van der Waals surface area contributed by atoms with Crippen molar-refractivity contribution in [1.82, 2.24) is 10.2 Å². The van der Waals surface area contributed by atoms with E-state index in [0.717, 1.165) is 0 Å². The lowest BCUT2D eigenvalue weighted by molar-refractivity contribution is 0.0451. The number of nitrogens with zero attached hydrogens (tertiary/aromatic N) is 1. The number of benzene rings is 1. The number of nitrogens with two attached hydrogens (primary N) is 1. The van der Waals surface area contributed by atoms with Gasteiger partial charge in [-0.2, -0.15) is 0 Å². The minimum absolute atomic E-state index is 0.0366. The van der Waals surface area contributed by atoms with E-state index in [1.54, 1.807) is 36.2 Å². The fraction of sp³-hybridized carbons (Fsp3) is 0.333. The maximum atomic E-state index is 11.2. The summed E-state index contributed by atoms with van der Waals surface area (Å²) in [6, 6.07) is 6.60. The molecule has 6 nitrogen and oxygen atoms in total. The Morgan fingerprint density at radius 1 is 1.44 bits per heavy atom. The van der Waals surface area contributed by atoms with Crippen molar-refractivity contribution in [2.45, 2.75) is 6.10 Å². The van der Waals surface area contributed by atoms with E-state index in [1.807, 2.05) is 0 Å². The average molecular weight is 249 g/mol. The molecular weight excluding hydrogens is 234 g/mol. The number of nitrogens with one attached hydrogen (secondary N) is 1. The Hall–Kier alpha value is -2.24. The molecule has 96 valence electrons. The number of hydrogen-bond acceptors (Lipinski definition) is 3. The van der Waals surface area contributed by atoms with Gasteiger partial charge in [-0.05, 0) is 18.2 Å². The van der Waals surface area contributed by atoms with E-state index in [1.165, 1.54) is 0 Å². The van der Waals surface area contributed by atoms with Crippen LogP contribution in [0.4, 0.5) is 4.79 Å². The van der Waals surface area contributed by atoms with Gasteiger partial charge in [-0.15, -0.1) is 0 Å². The third-order valence-electron chi connectivity index (χ3n) is 2.77. The fourth-order valence-electron chi connectivity index (χ4n) is 1.75. The van der Waals surface area contributed by atoms with Gasteiger partial charge in [0.15, 0.2) is 0 Å². The number of ether oxygens (including phenoxy) is 1. The van der Waals surface area contributed by atoms with E-state index in [-0.39, 0.29) is 12.1 Å².